The van der Waals surface area contributed by atoms with Gasteiger partial charge in [-0.3, -0.25) is 4.79 Å². The van der Waals surface area contributed by atoms with E-state index in [1.54, 1.807) is 7.11 Å². The molecule has 0 saturated carbocycles. The van der Waals surface area contributed by atoms with Crippen LogP contribution in [0.5, 0.6) is 0 Å². The highest BCUT2D eigenvalue weighted by Gasteiger charge is 2.44. The van der Waals surface area contributed by atoms with Crippen LogP contribution in [-0.2, 0) is 14.3 Å². The second kappa shape index (κ2) is 6.37. The van der Waals surface area contributed by atoms with Crippen molar-refractivity contribution >= 4 is 17.5 Å². The Morgan fingerprint density at radius 2 is 2.00 bits per heavy atom. The smallest absolute Gasteiger partial charge is 0.165 e. The second-order valence-electron chi connectivity index (χ2n) is 7.22. The monoisotopic (exact) mass is 300 g/mol. The third-order valence-corrected chi connectivity index (χ3v) is 5.57. The number of rotatable bonds is 3. The zero-order valence-corrected chi connectivity index (χ0v) is 14.1. The van der Waals surface area contributed by atoms with Gasteiger partial charge < -0.3 is 9.47 Å². The van der Waals surface area contributed by atoms with Gasteiger partial charge in [0, 0.05) is 19.6 Å². The van der Waals surface area contributed by atoms with Crippen molar-refractivity contribution in [2.45, 2.75) is 58.2 Å². The van der Waals surface area contributed by atoms with Gasteiger partial charge in [0.05, 0.1) is 5.60 Å². The normalized spacial score (nSPS) is 28.3. The van der Waals surface area contributed by atoms with Crippen molar-refractivity contribution in [3.8, 4) is 0 Å². The van der Waals surface area contributed by atoms with E-state index in [0.29, 0.717) is 0 Å². The average molecular weight is 300 g/mol. The molecule has 2 fully saturated rings. The van der Waals surface area contributed by atoms with Gasteiger partial charge in [-0.1, -0.05) is 20.8 Å². The highest BCUT2D eigenvalue weighted by Crippen LogP contribution is 2.41. The number of Topliss-reactive ketones (excluding diaryl/α,β-unsaturated/α-hetero) is 1. The minimum atomic E-state index is -0.305. The van der Waals surface area contributed by atoms with Gasteiger partial charge in [-0.25, -0.2) is 0 Å². The number of methoxy groups -OCH3 is 1. The lowest BCUT2D eigenvalue weighted by Crippen LogP contribution is -2.48. The van der Waals surface area contributed by atoms with Crippen LogP contribution < -0.4 is 0 Å². The average Bonchev–Trinajstić information content (AvgIpc) is 2.38. The van der Waals surface area contributed by atoms with Crippen LogP contribution >= 0.6 is 11.8 Å². The zero-order chi connectivity index (χ0) is 14.8. The lowest BCUT2D eigenvalue weighted by atomic mass is 9.75. The number of ether oxygens (including phenoxy) is 2. The number of thioether (sulfide) groups is 1. The summed E-state index contributed by atoms with van der Waals surface area (Å²) in [6.07, 6.45) is 3.62. The van der Waals surface area contributed by atoms with Gasteiger partial charge in [0.15, 0.2) is 5.78 Å². The van der Waals surface area contributed by atoms with Gasteiger partial charge in [-0.05, 0) is 42.6 Å². The molecule has 4 heteroatoms. The predicted octanol–water partition coefficient (Wildman–Crippen LogP) is 3.31. The van der Waals surface area contributed by atoms with E-state index < -0.39 is 0 Å². The van der Waals surface area contributed by atoms with Gasteiger partial charge >= 0.3 is 0 Å². The molecular weight excluding hydrogens is 272 g/mol. The van der Waals surface area contributed by atoms with Crippen molar-refractivity contribution in [1.29, 1.82) is 0 Å². The molecule has 116 valence electrons. The molecule has 20 heavy (non-hydrogen) atoms. The van der Waals surface area contributed by atoms with Crippen LogP contribution in [0.25, 0.3) is 0 Å². The fourth-order valence-electron chi connectivity index (χ4n) is 3.47. The summed E-state index contributed by atoms with van der Waals surface area (Å²) in [5.41, 5.74) is -0.167. The first kappa shape index (κ1) is 16.3. The van der Waals surface area contributed by atoms with Gasteiger partial charge in [0.2, 0.25) is 0 Å². The largest absolute Gasteiger partial charge is 0.375 e. The topological polar surface area (TPSA) is 35.5 Å². The molecule has 0 radical (unpaired) electrons. The van der Waals surface area contributed by atoms with E-state index in [0.717, 1.165) is 43.8 Å². The predicted molar refractivity (Wildman–Crippen MR) is 83.2 cm³/mol. The number of carbonyl (C=O) groups excluding carboxylic acids is 1. The Hall–Kier alpha value is -0.0600. The van der Waals surface area contributed by atoms with Crippen LogP contribution in [0.1, 0.15) is 46.5 Å². The van der Waals surface area contributed by atoms with E-state index in [1.807, 2.05) is 11.8 Å². The van der Waals surface area contributed by atoms with E-state index in [9.17, 15) is 4.79 Å². The summed E-state index contributed by atoms with van der Waals surface area (Å²) >= 11 is 2.00. The molecule has 3 nitrogen and oxygen atoms in total. The lowest BCUT2D eigenvalue weighted by Gasteiger charge is -2.44. The maximum atomic E-state index is 12.8. The molecule has 0 aromatic rings. The van der Waals surface area contributed by atoms with E-state index in [-0.39, 0.29) is 28.8 Å². The highest BCUT2D eigenvalue weighted by atomic mass is 32.2. The summed E-state index contributed by atoms with van der Waals surface area (Å²) in [5, 5.41) is 0. The molecule has 2 heterocycles. The summed E-state index contributed by atoms with van der Waals surface area (Å²) in [5.74, 6) is 2.71. The number of carbonyl (C=O) groups is 1. The van der Waals surface area contributed by atoms with Crippen LogP contribution in [0.4, 0.5) is 0 Å². The van der Waals surface area contributed by atoms with E-state index in [2.05, 4.69) is 20.8 Å². The van der Waals surface area contributed by atoms with E-state index >= 15 is 0 Å². The van der Waals surface area contributed by atoms with E-state index in [1.165, 1.54) is 0 Å². The van der Waals surface area contributed by atoms with Crippen molar-refractivity contribution in [3.63, 3.8) is 0 Å². The molecule has 2 saturated heterocycles. The van der Waals surface area contributed by atoms with Crippen molar-refractivity contribution in [2.75, 3.05) is 25.2 Å². The number of ketones is 1. The Labute approximate surface area is 127 Å². The van der Waals surface area contributed by atoms with Crippen LogP contribution in [0.15, 0.2) is 0 Å². The Balaban J connectivity index is 2.06. The molecule has 2 rings (SSSR count). The Morgan fingerprint density at radius 1 is 1.35 bits per heavy atom. The van der Waals surface area contributed by atoms with E-state index in [4.69, 9.17) is 9.47 Å². The van der Waals surface area contributed by atoms with Gasteiger partial charge in [0.25, 0.3) is 0 Å². The molecule has 1 spiro atoms. The number of hydrogen-bond acceptors (Lipinski definition) is 4. The zero-order valence-electron chi connectivity index (χ0n) is 13.2. The molecule has 2 aliphatic heterocycles. The Bertz CT molecular complexity index is 337. The van der Waals surface area contributed by atoms with Crippen LogP contribution in [0.2, 0.25) is 0 Å². The van der Waals surface area contributed by atoms with Crippen LogP contribution in [0.3, 0.4) is 0 Å². The molecule has 0 aromatic heterocycles. The number of hydrogen-bond donors (Lipinski definition) is 0. The molecule has 0 amide bonds. The molecule has 0 N–H and O–H groups in total. The second-order valence-corrected chi connectivity index (χ2v) is 8.44. The molecule has 2 aliphatic rings. The standard InChI is InChI=1S/C16H28O3S/c1-15(2,3)14(18-4)13(17)12-5-8-19-16(11-12)6-9-20-10-7-16/h12,14H,5-11H2,1-4H3. The molecule has 0 aliphatic carbocycles. The van der Waals surface area contributed by atoms with Crippen molar-refractivity contribution in [1.82, 2.24) is 0 Å². The maximum absolute atomic E-state index is 12.8. The first-order chi connectivity index (χ1) is 9.38. The highest BCUT2D eigenvalue weighted by molar-refractivity contribution is 7.99. The van der Waals surface area contributed by atoms with Gasteiger partial charge in [-0.15, -0.1) is 0 Å². The maximum Gasteiger partial charge on any atom is 0.165 e. The first-order valence-electron chi connectivity index (χ1n) is 7.66. The first-order valence-corrected chi connectivity index (χ1v) is 8.82. The molecular formula is C16H28O3S. The summed E-state index contributed by atoms with van der Waals surface area (Å²) in [6.45, 7) is 6.95. The van der Waals surface area contributed by atoms with Gasteiger partial charge in [-0.2, -0.15) is 11.8 Å². The molecule has 2 atom stereocenters. The lowest BCUT2D eigenvalue weighted by molar-refractivity contribution is -0.152. The minimum absolute atomic E-state index is 0.0278. The van der Waals surface area contributed by atoms with Crippen molar-refractivity contribution in [3.05, 3.63) is 0 Å². The molecule has 0 bridgehead atoms. The van der Waals surface area contributed by atoms with Crippen LogP contribution in [-0.4, -0.2) is 42.7 Å². The summed E-state index contributed by atoms with van der Waals surface area (Å²) in [7, 11) is 1.65. The summed E-state index contributed by atoms with van der Waals surface area (Å²) < 4.78 is 11.6. The summed E-state index contributed by atoms with van der Waals surface area (Å²) in [6, 6.07) is 0. The Kier molecular flexibility index (Phi) is 5.19. The van der Waals surface area contributed by atoms with Crippen molar-refractivity contribution in [2.24, 2.45) is 11.3 Å². The van der Waals surface area contributed by atoms with Gasteiger partial charge in [0.1, 0.15) is 6.10 Å². The minimum Gasteiger partial charge on any atom is -0.375 e. The van der Waals surface area contributed by atoms with Crippen LogP contribution in [0, 0.1) is 11.3 Å². The SMILES string of the molecule is COC(C(=O)C1CCOC2(CCSCC2)C1)C(C)(C)C. The molecule has 2 unspecified atom stereocenters. The van der Waals surface area contributed by atoms with Crippen molar-refractivity contribution < 1.29 is 14.3 Å². The Morgan fingerprint density at radius 3 is 2.55 bits per heavy atom. The third-order valence-electron chi connectivity index (χ3n) is 4.58. The fourth-order valence-corrected chi connectivity index (χ4v) is 4.71. The fraction of sp³-hybridized carbons (Fsp3) is 0.938. The summed E-state index contributed by atoms with van der Waals surface area (Å²) in [4.78, 5) is 12.8. The third kappa shape index (κ3) is 3.58. The quantitative estimate of drug-likeness (QED) is 0.801. The molecule has 0 aromatic carbocycles.